The number of ether oxygens (including phenoxy) is 5. The molecule has 8 rings (SSSR count). The number of nitrogens with one attached hydrogen (secondary N) is 1. The number of nitrogens with zero attached hydrogens (tertiary/aromatic N) is 5. The largest absolute Gasteiger partial charge is 0.493 e. The van der Waals surface area contributed by atoms with Crippen LogP contribution in [0.15, 0.2) is 101 Å². The van der Waals surface area contributed by atoms with Gasteiger partial charge in [-0.3, -0.25) is 38.7 Å². The number of amides is 5. The highest BCUT2D eigenvalue weighted by atomic mass is 32.2. The molecular weight excluding hydrogens is 1040 g/mol. The van der Waals surface area contributed by atoms with Gasteiger partial charge in [0, 0.05) is 75.3 Å². The Kier molecular flexibility index (Phi) is 20.2. The summed E-state index contributed by atoms with van der Waals surface area (Å²) in [6.07, 6.45) is 16.8. The van der Waals surface area contributed by atoms with E-state index in [1.54, 1.807) is 72.1 Å². The molecule has 4 atom stereocenters. The van der Waals surface area contributed by atoms with Gasteiger partial charge < -0.3 is 43.9 Å². The lowest BCUT2D eigenvalue weighted by atomic mass is 10.1. The van der Waals surface area contributed by atoms with E-state index >= 15 is 0 Å². The lowest BCUT2D eigenvalue weighted by molar-refractivity contribution is -0.138. The number of hydrogen-bond donors (Lipinski definition) is 2. The zero-order chi connectivity index (χ0) is 56.9. The summed E-state index contributed by atoms with van der Waals surface area (Å²) in [4.78, 5) is 101. The Hall–Kier alpha value is -7.55. The standard InChI is InChI=1S/C60H70N6O13S/c1-6-12-40-27-43-33-62-48-30-53(52(75-4)29-46(48)56(70)64(43)35-40)78-24-10-8-9-23-77-51-31-49-47(26-38(51)3)57(71)65-36-41(13-7-2)28-50(65)58(72)66(49)60(74)79-37-39-15-17-42(18-16-39)61-34-45(68)20-25-76-22-11-14-44(67)19-21-63-55(69)32-54(80-5)59(63)73/h6-7,12-13,15-18,26,29-31,33,35-36,43,50,54,58,61,72H,8-11,14,19-25,27-28,32,34,37H2,1-5H3/b12-6+,13-7+/t43-,50-,54?,58-/m0/s1. The molecule has 424 valence electrons. The third-order valence-corrected chi connectivity index (χ3v) is 15.3. The lowest BCUT2D eigenvalue weighted by Gasteiger charge is -2.31. The van der Waals surface area contributed by atoms with Crippen LogP contribution in [0.4, 0.5) is 21.9 Å². The van der Waals surface area contributed by atoms with Crippen LogP contribution in [-0.4, -0.2) is 144 Å². The van der Waals surface area contributed by atoms with E-state index in [4.69, 9.17) is 23.7 Å². The van der Waals surface area contributed by atoms with Gasteiger partial charge in [-0.1, -0.05) is 36.4 Å². The molecule has 0 aliphatic carbocycles. The molecule has 5 aliphatic rings. The number of methoxy groups -OCH3 is 1. The quantitative estimate of drug-likeness (QED) is 0.0538. The van der Waals surface area contributed by atoms with Crippen LogP contribution in [-0.2, 0) is 35.3 Å². The van der Waals surface area contributed by atoms with Crippen molar-refractivity contribution in [1.82, 2.24) is 14.7 Å². The molecule has 0 spiro atoms. The molecule has 1 fully saturated rings. The number of likely N-dealkylation sites (tertiary alicyclic amines) is 1. The number of fused-ring (bicyclic) bond motifs is 4. The third kappa shape index (κ3) is 14.1. The van der Waals surface area contributed by atoms with Crippen LogP contribution in [0.25, 0.3) is 0 Å². The second kappa shape index (κ2) is 27.6. The first-order chi connectivity index (χ1) is 38.7. The molecule has 0 saturated carbocycles. The summed E-state index contributed by atoms with van der Waals surface area (Å²) in [5.74, 6) is 0.234. The molecule has 2 N–H and O–H groups in total. The summed E-state index contributed by atoms with van der Waals surface area (Å²) in [5, 5.41) is 14.7. The number of aliphatic imine (C=N–C) groups is 1. The fraction of sp³-hybridized carbons (Fsp3) is 0.433. The van der Waals surface area contributed by atoms with Crippen LogP contribution in [0.1, 0.15) is 110 Å². The molecular formula is C60H70N6O13S. The summed E-state index contributed by atoms with van der Waals surface area (Å²) >= 11 is 1.34. The number of aryl methyl sites for hydroxylation is 1. The van der Waals surface area contributed by atoms with Crippen molar-refractivity contribution in [3.63, 3.8) is 0 Å². The maximum absolute atomic E-state index is 14.2. The first-order valence-electron chi connectivity index (χ1n) is 27.1. The second-order valence-corrected chi connectivity index (χ2v) is 21.1. The number of thioether (sulfide) groups is 1. The van der Waals surface area contributed by atoms with Crippen LogP contribution >= 0.6 is 11.8 Å². The maximum Gasteiger partial charge on any atom is 0.416 e. The van der Waals surface area contributed by atoms with E-state index in [9.17, 15) is 38.7 Å². The van der Waals surface area contributed by atoms with Crippen LogP contribution < -0.4 is 24.4 Å². The Morgan fingerprint density at radius 2 is 1.49 bits per heavy atom. The number of aliphatic hydroxyl groups is 1. The van der Waals surface area contributed by atoms with Crippen molar-refractivity contribution in [2.45, 2.75) is 115 Å². The molecule has 5 amide bonds. The number of carbonyl (C=O) groups is 7. The predicted octanol–water partition coefficient (Wildman–Crippen LogP) is 8.79. The first kappa shape index (κ1) is 58.6. The van der Waals surface area contributed by atoms with E-state index in [-0.39, 0.29) is 110 Å². The number of allylic oxidation sites excluding steroid dienone is 4. The van der Waals surface area contributed by atoms with E-state index in [0.717, 1.165) is 22.5 Å². The topological polar surface area (TPSA) is 223 Å². The van der Waals surface area contributed by atoms with Gasteiger partial charge in [0.15, 0.2) is 23.5 Å². The Morgan fingerprint density at radius 1 is 0.775 bits per heavy atom. The predicted molar refractivity (Wildman–Crippen MR) is 304 cm³/mol. The van der Waals surface area contributed by atoms with Gasteiger partial charge in [-0.05, 0) is 112 Å². The molecule has 80 heavy (non-hydrogen) atoms. The van der Waals surface area contributed by atoms with Crippen molar-refractivity contribution in [3.8, 4) is 17.2 Å². The monoisotopic (exact) mass is 1110 g/mol. The van der Waals surface area contributed by atoms with Crippen molar-refractivity contribution in [1.29, 1.82) is 0 Å². The smallest absolute Gasteiger partial charge is 0.416 e. The highest BCUT2D eigenvalue weighted by molar-refractivity contribution is 8.00. The van der Waals surface area contributed by atoms with Gasteiger partial charge in [-0.25, -0.2) is 9.69 Å². The van der Waals surface area contributed by atoms with E-state index in [1.807, 2.05) is 51.3 Å². The summed E-state index contributed by atoms with van der Waals surface area (Å²) in [5.41, 5.74) is 5.19. The molecule has 3 aromatic carbocycles. The number of benzene rings is 3. The zero-order valence-electron chi connectivity index (χ0n) is 46.0. The number of unbranched alkanes of at least 4 members (excludes halogenated alkanes) is 2. The van der Waals surface area contributed by atoms with Crippen molar-refractivity contribution < 1.29 is 62.4 Å². The van der Waals surface area contributed by atoms with Gasteiger partial charge in [0.2, 0.25) is 11.8 Å². The van der Waals surface area contributed by atoms with E-state index in [0.29, 0.717) is 97.2 Å². The Morgan fingerprint density at radius 3 is 2.20 bits per heavy atom. The molecule has 1 saturated heterocycles. The maximum atomic E-state index is 14.2. The molecule has 0 bridgehead atoms. The average molecular weight is 1120 g/mol. The van der Waals surface area contributed by atoms with Crippen LogP contribution in [0.2, 0.25) is 0 Å². The highest BCUT2D eigenvalue weighted by Gasteiger charge is 2.45. The summed E-state index contributed by atoms with van der Waals surface area (Å²) < 4.78 is 29.5. The zero-order valence-corrected chi connectivity index (χ0v) is 46.8. The molecule has 3 aromatic rings. The SMILES string of the molecule is C/C=C/C1=CN2C(=O)c3cc(OC)c(OCCCCCOc4cc5c(cc4C)C(=O)N4C=C(/C=C/C)C[C@H]4[C@H](O)N5C(=O)OCc4ccc(NCC(=O)CCOCCCC(=O)CCN5C(=O)CC(SC)C5=O)cc4)cc3N=C[C@@H]2C1. The number of ketones is 2. The fourth-order valence-corrected chi connectivity index (χ4v) is 10.7. The number of anilines is 2. The molecule has 20 heteroatoms. The second-order valence-electron chi connectivity index (χ2n) is 20.1. The number of rotatable bonds is 27. The van der Waals surface area contributed by atoms with E-state index < -0.39 is 18.4 Å². The van der Waals surface area contributed by atoms with Crippen molar-refractivity contribution >= 4 is 76.3 Å². The van der Waals surface area contributed by atoms with Crippen molar-refractivity contribution in [2.75, 3.05) is 63.1 Å². The molecule has 0 aromatic heterocycles. The lowest BCUT2D eigenvalue weighted by Crippen LogP contribution is -2.50. The minimum atomic E-state index is -1.47. The van der Waals surface area contributed by atoms with E-state index in [2.05, 4.69) is 10.3 Å². The van der Waals surface area contributed by atoms with Gasteiger partial charge in [0.1, 0.15) is 18.1 Å². The highest BCUT2D eigenvalue weighted by Crippen LogP contribution is 2.41. The van der Waals surface area contributed by atoms with Gasteiger partial charge in [-0.2, -0.15) is 11.8 Å². The Bertz CT molecular complexity index is 2990. The summed E-state index contributed by atoms with van der Waals surface area (Å²) in [6.45, 7) is 6.83. The van der Waals surface area contributed by atoms with Crippen LogP contribution in [0.5, 0.6) is 17.2 Å². The fourth-order valence-electron chi connectivity index (χ4n) is 10.1. The molecule has 1 unspecified atom stereocenters. The Labute approximate surface area is 470 Å². The normalized spacial score (nSPS) is 19.4. The average Bonchev–Trinajstić information content (AvgIpc) is 4.20. The number of aliphatic hydroxyl groups excluding tert-OH is 1. The third-order valence-electron chi connectivity index (χ3n) is 14.4. The first-order valence-corrected chi connectivity index (χ1v) is 28.4. The van der Waals surface area contributed by atoms with Gasteiger partial charge in [0.25, 0.3) is 11.8 Å². The van der Waals surface area contributed by atoms with Crippen LogP contribution in [0.3, 0.4) is 0 Å². The van der Waals surface area contributed by atoms with E-state index in [1.165, 1.54) is 28.7 Å². The van der Waals surface area contributed by atoms with Gasteiger partial charge in [-0.15, -0.1) is 0 Å². The Balaban J connectivity index is 0.800. The molecule has 5 aliphatic heterocycles. The van der Waals surface area contributed by atoms with Crippen molar-refractivity contribution in [3.05, 3.63) is 119 Å². The van der Waals surface area contributed by atoms with Crippen LogP contribution in [0, 0.1) is 6.92 Å². The summed E-state index contributed by atoms with van der Waals surface area (Å²) in [6, 6.07) is 12.8. The summed E-state index contributed by atoms with van der Waals surface area (Å²) in [7, 11) is 1.54. The minimum Gasteiger partial charge on any atom is -0.493 e. The van der Waals surface area contributed by atoms with Gasteiger partial charge >= 0.3 is 6.09 Å². The van der Waals surface area contributed by atoms with Crippen molar-refractivity contribution in [2.24, 2.45) is 4.99 Å². The number of carbonyl (C=O) groups excluding carboxylic acids is 7. The molecule has 19 nitrogen and oxygen atoms in total. The number of imide groups is 1. The molecule has 0 radical (unpaired) electrons. The number of hydrogen-bond acceptors (Lipinski definition) is 16. The molecule has 5 heterocycles. The number of Topliss-reactive ketones (excluding diaryl/α,β-unsaturated/α-hetero) is 2. The minimum absolute atomic E-state index is 0.0560. The van der Waals surface area contributed by atoms with Gasteiger partial charge in [0.05, 0.1) is 73.3 Å².